The number of carbonyl (C=O) groups excluding carboxylic acids is 11. The first kappa shape index (κ1) is 101. The monoisotopic (exact) mass is 2270 g/mol. The fourth-order valence-electron chi connectivity index (χ4n) is 14.4. The van der Waals surface area contributed by atoms with Crippen LogP contribution in [0, 0.1) is 62.8 Å². The smallest absolute Gasteiger partial charge is 0.340 e. The number of hydrogen-bond acceptors (Lipinski definition) is 23. The van der Waals surface area contributed by atoms with Crippen LogP contribution in [0.3, 0.4) is 0 Å². The molecule has 2 saturated heterocycles. The summed E-state index contributed by atoms with van der Waals surface area (Å²) in [5.41, 5.74) is 2.62. The summed E-state index contributed by atoms with van der Waals surface area (Å²) in [5, 5.41) is 54.9. The molecule has 114 heavy (non-hydrogen) atoms. The summed E-state index contributed by atoms with van der Waals surface area (Å²) in [6, 6.07) is -0.836. The molecule has 2 aliphatic heterocycles. The predicted octanol–water partition coefficient (Wildman–Crippen LogP) is 13.9. The van der Waals surface area contributed by atoms with Crippen LogP contribution in [0.1, 0.15) is 207 Å². The summed E-state index contributed by atoms with van der Waals surface area (Å²) in [4.78, 5) is 148. The Hall–Kier alpha value is -3.93. The van der Waals surface area contributed by atoms with Gasteiger partial charge in [0.2, 0.25) is 29.9 Å². The van der Waals surface area contributed by atoms with Gasteiger partial charge in [-0.3, -0.25) is 38.4 Å². The fraction of sp³-hybridized carbons (Fsp3) is 0.617. The molecule has 0 radical (unpaired) electrons. The number of anilines is 4. The normalized spacial score (nSPS) is 22.2. The van der Waals surface area contributed by atoms with E-state index in [0.29, 0.717) is 126 Å². The Bertz CT molecular complexity index is 3850. The lowest BCUT2D eigenvalue weighted by molar-refractivity contribution is -0.265. The van der Waals surface area contributed by atoms with Gasteiger partial charge in [0.05, 0.1) is 86.8 Å². The largest absolute Gasteiger partial charge is 0.462 e. The molecule has 0 spiro atoms. The van der Waals surface area contributed by atoms with Crippen molar-refractivity contribution in [1.82, 2.24) is 4.90 Å². The Balaban J connectivity index is 1.26. The van der Waals surface area contributed by atoms with Crippen molar-refractivity contribution in [2.75, 3.05) is 55.2 Å². The van der Waals surface area contributed by atoms with Crippen LogP contribution in [0.4, 0.5) is 22.7 Å². The minimum absolute atomic E-state index is 0.0502. The zero-order valence-electron chi connectivity index (χ0n) is 67.1. The molecule has 1 saturated carbocycles. The van der Waals surface area contributed by atoms with Crippen LogP contribution in [0.2, 0.25) is 0 Å². The van der Waals surface area contributed by atoms with E-state index < -0.39 is 126 Å². The molecule has 8 N–H and O–H groups in total. The molecule has 27 nitrogen and oxygen atoms in total. The number of hydrogen-bond donors (Lipinski definition) is 8. The highest BCUT2D eigenvalue weighted by Crippen LogP contribution is 2.43. The molecule has 2 aromatic rings. The lowest BCUT2D eigenvalue weighted by atomic mass is 9.78. The maximum atomic E-state index is 14.4. The summed E-state index contributed by atoms with van der Waals surface area (Å²) < 4.78 is 44.4. The second-order valence-corrected chi connectivity index (χ2v) is 36.6. The van der Waals surface area contributed by atoms with Crippen LogP contribution in [0.25, 0.3) is 0 Å². The average Bonchev–Trinajstić information content (AvgIpc) is 0.777. The number of nitrogens with one attached hydrogen (secondary N) is 4. The number of ether oxygens (including phenoxy) is 7. The minimum atomic E-state index is -1.87. The first-order chi connectivity index (χ1) is 53.6. The van der Waals surface area contributed by atoms with Crippen molar-refractivity contribution in [2.24, 2.45) is 41.4 Å². The van der Waals surface area contributed by atoms with Gasteiger partial charge in [-0.15, -0.1) is 0 Å². The van der Waals surface area contributed by atoms with Crippen molar-refractivity contribution in [2.45, 2.75) is 247 Å². The van der Waals surface area contributed by atoms with Gasteiger partial charge in [0.1, 0.15) is 42.5 Å². The topological polar surface area (TPSA) is 385 Å². The summed E-state index contributed by atoms with van der Waals surface area (Å²) in [5.74, 6) is -9.43. The van der Waals surface area contributed by atoms with E-state index in [0.717, 1.165) is 6.42 Å². The molecule has 0 aromatic heterocycles. The van der Waals surface area contributed by atoms with Crippen LogP contribution in [-0.2, 0) is 76.3 Å². The van der Waals surface area contributed by atoms with Crippen LogP contribution < -0.4 is 21.3 Å². The number of methoxy groups -OCH3 is 2. The lowest BCUT2D eigenvalue weighted by Gasteiger charge is -2.40. The van der Waals surface area contributed by atoms with Gasteiger partial charge < -0.3 is 79.8 Å². The highest BCUT2D eigenvalue weighted by Gasteiger charge is 2.46. The number of halogens is 6. The van der Waals surface area contributed by atoms with E-state index in [1.807, 2.05) is 162 Å². The maximum absolute atomic E-state index is 14.4. The first-order valence-corrected chi connectivity index (χ1v) is 44.8. The number of piperidine rings is 1. The lowest BCUT2D eigenvalue weighted by Crippen LogP contribution is -2.52. The second-order valence-electron chi connectivity index (χ2n) is 30.2. The zero-order valence-corrected chi connectivity index (χ0v) is 80.0. The average molecular weight is 2270 g/mol. The van der Waals surface area contributed by atoms with Crippen LogP contribution in [0.5, 0.6) is 0 Å². The highest BCUT2D eigenvalue weighted by molar-refractivity contribution is 14.1. The molecule has 2 aromatic carbocycles. The number of aliphatic hydroxyl groups excluding tert-OH is 3. The number of rotatable bonds is 42. The van der Waals surface area contributed by atoms with Crippen molar-refractivity contribution in [3.63, 3.8) is 0 Å². The quantitative estimate of drug-likeness (QED) is 0.00582. The summed E-state index contributed by atoms with van der Waals surface area (Å²) >= 11 is 11.9. The van der Waals surface area contributed by atoms with E-state index in [4.69, 9.17) is 33.2 Å². The van der Waals surface area contributed by atoms with E-state index >= 15 is 0 Å². The third-order valence-electron chi connectivity index (χ3n) is 21.0. The number of aliphatic hydroxyl groups is 4. The number of amides is 4. The number of benzene rings is 2. The molecule has 33 heteroatoms. The summed E-state index contributed by atoms with van der Waals surface area (Å²) in [6.45, 7) is 19.3. The molecule has 5 rings (SSSR count). The van der Waals surface area contributed by atoms with Crippen molar-refractivity contribution in [3.05, 3.63) is 80.2 Å². The molecule has 2 heterocycles. The highest BCUT2D eigenvalue weighted by atomic mass is 127. The molecule has 3 aliphatic rings. The van der Waals surface area contributed by atoms with Crippen LogP contribution in [-0.4, -0.2) is 185 Å². The second kappa shape index (κ2) is 48.5. The Kier molecular flexibility index (Phi) is 42.8. The Morgan fingerprint density at radius 3 is 1.75 bits per heavy atom. The summed E-state index contributed by atoms with van der Waals surface area (Å²) in [7, 11) is 2.87. The first-order valence-electron chi connectivity index (χ1n) is 38.3. The third kappa shape index (κ3) is 29.5. The predicted molar refractivity (Wildman–Crippen MR) is 481 cm³/mol. The molecule has 1 aliphatic carbocycles. The number of carbonyl (C=O) groups is 11. The number of ketones is 3. The molecule has 3 fully saturated rings. The van der Waals surface area contributed by atoms with E-state index in [-0.39, 0.29) is 98.1 Å². The van der Waals surface area contributed by atoms with Gasteiger partial charge in [0, 0.05) is 85.5 Å². The Morgan fingerprint density at radius 2 is 1.23 bits per heavy atom. The van der Waals surface area contributed by atoms with Gasteiger partial charge >= 0.3 is 23.9 Å². The zero-order chi connectivity index (χ0) is 85.3. The van der Waals surface area contributed by atoms with E-state index in [1.54, 1.807) is 58.9 Å². The number of Topliss-reactive ketones (excluding diaryl/α,β-unsaturated/α-hetero) is 3. The molecule has 17 atom stereocenters. The van der Waals surface area contributed by atoms with Crippen molar-refractivity contribution in [1.29, 1.82) is 0 Å². The van der Waals surface area contributed by atoms with E-state index in [1.165, 1.54) is 53.7 Å². The van der Waals surface area contributed by atoms with Gasteiger partial charge in [-0.1, -0.05) is 71.1 Å². The number of allylic oxidation sites excluding steroid dienone is 6. The number of esters is 4. The third-order valence-corrected chi connectivity index (χ3v) is 27.4. The Labute approximate surface area is 750 Å². The van der Waals surface area contributed by atoms with Gasteiger partial charge in [0.25, 0.3) is 0 Å². The SMILES string of the molecule is CO[C@@H]1C[C@H](C[C@@H](C)[C@H](CC(=O)[C@H](C)/C=C(\C)[C@@H](O)[C@@H](OC)C(=O)[C@H](C)C[C@H](C)/C=C/C=C/C=C(\C)[C@@H](O)C[C@@H]2CC[C@@H](C)[C@](O)(C(C)=O)O2)OC(=O)[C@@H]2CCCCN2C=O)CC[C@H]1OC(=O)CCC(CCOC(=O)c1c(I)c(NC(C)=O)c(I)c(NC(C)=O)c1I)CCOC(=O)c1c(I)c(NC(C)=O)c(I)c(NC(C)O)c1I. The van der Waals surface area contributed by atoms with Gasteiger partial charge in [-0.25, -0.2) is 14.4 Å². The molecule has 4 amide bonds. The van der Waals surface area contributed by atoms with Crippen molar-refractivity contribution in [3.8, 4) is 0 Å². The summed E-state index contributed by atoms with van der Waals surface area (Å²) in [6.07, 6.45) is 10.0. The molecular weight excluding hydrogens is 2160 g/mol. The molecular formula is C81H111I6N5O22. The van der Waals surface area contributed by atoms with Gasteiger partial charge in [-0.2, -0.15) is 0 Å². The van der Waals surface area contributed by atoms with E-state index in [2.05, 4.69) is 21.3 Å². The van der Waals surface area contributed by atoms with Crippen molar-refractivity contribution < 1.29 is 106 Å². The van der Waals surface area contributed by atoms with Crippen LogP contribution in [0.15, 0.2) is 47.6 Å². The van der Waals surface area contributed by atoms with Gasteiger partial charge in [0.15, 0.2) is 11.6 Å². The maximum Gasteiger partial charge on any atom is 0.340 e. The Morgan fingerprint density at radius 1 is 0.667 bits per heavy atom. The minimum Gasteiger partial charge on any atom is -0.462 e. The van der Waals surface area contributed by atoms with Crippen molar-refractivity contribution >= 4 is 224 Å². The number of likely N-dealkylation sites (tertiary alicyclic amines) is 1. The molecule has 0 bridgehead atoms. The standard InChI is InChI=1S/C81H111I6N5O22/c1-41(20-16-15-17-21-42(2)57(99)38-55-26-23-47(7)81(107,114-55)48(8)94)34-45(5)75(102)77(109-14)76(103)46(6)35-43(3)58(100)39-60(113-78(104)56-22-18-19-31-92(56)40-93)44(4)36-54-24-27-59(61(37-54)108-13)112-62(101)28-25-53(29-32-110-79(105)63-65(82)71(88-49(9)95)69(86)72(66(63)83)89-50(10)96)30-33-111-80(106)64-67(84)73(90-51(11)97)70(87)74(68(64)85)91-52(12)98/h15-17,20-21,35,40-41,43-45,47,49,53-57,59-61,76-77,88,95,99,103,107H,18-19,22-34,36-39H2,1-14H3,(H,89,96)(H,90,97)(H,91,98)/b17-15+,20-16+,42-21+,46-35+/t41-,43-,44-,45-,47-,49?,53?,54+,55+,56+,57+,59-,60+,61-,76-,77+,81-/m1/s1. The van der Waals surface area contributed by atoms with Crippen LogP contribution >= 0.6 is 136 Å². The number of nitrogens with zero attached hydrogens (tertiary/aromatic N) is 1. The van der Waals surface area contributed by atoms with E-state index in [9.17, 15) is 73.2 Å². The molecule has 634 valence electrons. The van der Waals surface area contributed by atoms with Gasteiger partial charge in [-0.05, 0) is 275 Å². The fourth-order valence-corrected chi connectivity index (χ4v) is 22.7. The molecule has 2 unspecified atom stereocenters.